The number of carbonyl (C=O) groups is 2. The minimum Gasteiger partial charge on any atom is -0.491 e. The number of nitrogens with zero attached hydrogens (tertiary/aromatic N) is 2. The molecule has 1 aliphatic heterocycles. The van der Waals surface area contributed by atoms with Gasteiger partial charge in [0.25, 0.3) is 0 Å². The first-order valence-electron chi connectivity index (χ1n) is 10.4. The lowest BCUT2D eigenvalue weighted by molar-refractivity contribution is -0.142. The molecule has 0 spiro atoms. The number of benzene rings is 1. The largest absolute Gasteiger partial charge is 0.491 e. The van der Waals surface area contributed by atoms with E-state index >= 15 is 0 Å². The lowest BCUT2D eigenvalue weighted by Gasteiger charge is -2.37. The zero-order chi connectivity index (χ0) is 21.7. The molecule has 0 aliphatic carbocycles. The molecule has 0 radical (unpaired) electrons. The first-order chi connectivity index (χ1) is 14.4. The lowest BCUT2D eigenvalue weighted by Crippen LogP contribution is -2.48. The van der Waals surface area contributed by atoms with Crippen molar-refractivity contribution >= 4 is 23.2 Å². The highest BCUT2D eigenvalue weighted by Crippen LogP contribution is 2.34. The number of ether oxygens (including phenoxy) is 1. The molecule has 1 aliphatic rings. The van der Waals surface area contributed by atoms with Crippen LogP contribution in [0.3, 0.4) is 0 Å². The number of fused-ring (bicyclic) bond motifs is 1. The van der Waals surface area contributed by atoms with Gasteiger partial charge in [-0.2, -0.15) is 0 Å². The molecule has 2 atom stereocenters. The van der Waals surface area contributed by atoms with Crippen molar-refractivity contribution in [3.63, 3.8) is 0 Å². The number of rotatable bonds is 8. The summed E-state index contributed by atoms with van der Waals surface area (Å²) < 4.78 is 19.1. The normalized spacial score (nSPS) is 16.7. The van der Waals surface area contributed by atoms with Crippen molar-refractivity contribution in [2.75, 3.05) is 26.2 Å². The number of carbonyl (C=O) groups excluding carboxylic acids is 2. The molecule has 0 fully saturated rings. The fraction of sp³-hybridized carbons (Fsp3) is 0.478. The summed E-state index contributed by atoms with van der Waals surface area (Å²) in [5.74, 6) is 0.425. The Kier molecular flexibility index (Phi) is 7.48. The molecule has 2 amide bonds. The molecule has 1 aromatic carbocycles. The van der Waals surface area contributed by atoms with Crippen LogP contribution in [0.25, 0.3) is 0 Å². The monoisotopic (exact) mass is 432 g/mol. The third-order valence-corrected chi connectivity index (χ3v) is 6.63. The predicted molar refractivity (Wildman–Crippen MR) is 116 cm³/mol. The van der Waals surface area contributed by atoms with Gasteiger partial charge in [-0.05, 0) is 53.6 Å². The molecule has 0 N–H and O–H groups in total. The van der Waals surface area contributed by atoms with Gasteiger partial charge in [-0.1, -0.05) is 20.3 Å². The van der Waals surface area contributed by atoms with Gasteiger partial charge in [0.2, 0.25) is 11.8 Å². The van der Waals surface area contributed by atoms with Crippen LogP contribution in [0.2, 0.25) is 0 Å². The van der Waals surface area contributed by atoms with E-state index in [9.17, 15) is 14.0 Å². The van der Waals surface area contributed by atoms with Crippen LogP contribution >= 0.6 is 11.3 Å². The van der Waals surface area contributed by atoms with Gasteiger partial charge < -0.3 is 14.5 Å². The molecular weight excluding hydrogens is 403 g/mol. The maximum absolute atomic E-state index is 13.2. The molecule has 1 aromatic heterocycles. The zero-order valence-electron chi connectivity index (χ0n) is 17.8. The average Bonchev–Trinajstić information content (AvgIpc) is 3.21. The van der Waals surface area contributed by atoms with Crippen LogP contribution in [0.4, 0.5) is 4.39 Å². The van der Waals surface area contributed by atoms with Crippen molar-refractivity contribution in [1.82, 2.24) is 9.80 Å². The van der Waals surface area contributed by atoms with Gasteiger partial charge >= 0.3 is 0 Å². The molecule has 0 bridgehead atoms. The van der Waals surface area contributed by atoms with E-state index < -0.39 is 0 Å². The average molecular weight is 433 g/mol. The van der Waals surface area contributed by atoms with Crippen LogP contribution in [0, 0.1) is 11.7 Å². The van der Waals surface area contributed by atoms with Gasteiger partial charge in [0, 0.05) is 24.9 Å². The second kappa shape index (κ2) is 10.1. The van der Waals surface area contributed by atoms with E-state index in [1.807, 2.05) is 16.3 Å². The van der Waals surface area contributed by atoms with Crippen LogP contribution in [-0.4, -0.2) is 47.9 Å². The van der Waals surface area contributed by atoms with E-state index in [-0.39, 0.29) is 36.8 Å². The second-order valence-electron chi connectivity index (χ2n) is 7.83. The van der Waals surface area contributed by atoms with Crippen LogP contribution in [0.1, 0.15) is 43.7 Å². The van der Waals surface area contributed by atoms with E-state index in [0.29, 0.717) is 24.8 Å². The van der Waals surface area contributed by atoms with Crippen molar-refractivity contribution in [2.45, 2.75) is 39.7 Å². The molecule has 0 saturated heterocycles. The third kappa shape index (κ3) is 5.39. The van der Waals surface area contributed by atoms with Crippen molar-refractivity contribution in [3.8, 4) is 5.75 Å². The van der Waals surface area contributed by atoms with E-state index in [2.05, 4.69) is 13.8 Å². The van der Waals surface area contributed by atoms with Crippen LogP contribution in [0.15, 0.2) is 35.7 Å². The van der Waals surface area contributed by atoms with E-state index in [0.717, 1.165) is 18.4 Å². The third-order valence-electron chi connectivity index (χ3n) is 5.64. The van der Waals surface area contributed by atoms with Gasteiger partial charge in [0.15, 0.2) is 0 Å². The molecule has 162 valence electrons. The first kappa shape index (κ1) is 22.3. The van der Waals surface area contributed by atoms with Crippen molar-refractivity contribution in [1.29, 1.82) is 0 Å². The van der Waals surface area contributed by atoms with Crippen molar-refractivity contribution in [3.05, 3.63) is 52.0 Å². The topological polar surface area (TPSA) is 49.9 Å². The molecule has 5 nitrogen and oxygen atoms in total. The number of amides is 2. The van der Waals surface area contributed by atoms with Gasteiger partial charge in [0.05, 0.1) is 12.6 Å². The molecule has 3 rings (SSSR count). The minimum absolute atomic E-state index is 0.0712. The van der Waals surface area contributed by atoms with Crippen LogP contribution in [0.5, 0.6) is 5.75 Å². The Morgan fingerprint density at radius 1 is 1.30 bits per heavy atom. The highest BCUT2D eigenvalue weighted by atomic mass is 32.1. The van der Waals surface area contributed by atoms with E-state index in [1.54, 1.807) is 28.4 Å². The van der Waals surface area contributed by atoms with Crippen molar-refractivity contribution < 1.29 is 18.7 Å². The molecule has 7 heteroatoms. The summed E-state index contributed by atoms with van der Waals surface area (Å²) in [5, 5.41) is 2.04. The van der Waals surface area contributed by atoms with E-state index in [4.69, 9.17) is 4.74 Å². The minimum atomic E-state index is -0.317. The highest BCUT2D eigenvalue weighted by Gasteiger charge is 2.33. The standard InChI is InChI=1S/C23H29FN2O3S/c1-4-16(2)13-25(17(3)27)14-23(28)26-11-9-22-20(10-12-30-22)21(26)15-29-19-7-5-18(24)6-8-19/h5-8,10,12,16,21H,4,9,11,13-15H2,1-3H3/t16-,21-/m0/s1. The zero-order valence-corrected chi connectivity index (χ0v) is 18.6. The highest BCUT2D eigenvalue weighted by molar-refractivity contribution is 7.10. The Morgan fingerprint density at radius 2 is 2.03 bits per heavy atom. The van der Waals surface area contributed by atoms with Gasteiger partial charge in [-0.3, -0.25) is 9.59 Å². The summed E-state index contributed by atoms with van der Waals surface area (Å²) in [6.07, 6.45) is 1.76. The maximum atomic E-state index is 13.2. The maximum Gasteiger partial charge on any atom is 0.242 e. The Morgan fingerprint density at radius 3 is 2.70 bits per heavy atom. The summed E-state index contributed by atoms with van der Waals surface area (Å²) in [5.41, 5.74) is 1.10. The molecule has 0 unspecified atom stereocenters. The Hall–Kier alpha value is -2.41. The van der Waals surface area contributed by atoms with Gasteiger partial charge in [0.1, 0.15) is 18.2 Å². The smallest absolute Gasteiger partial charge is 0.242 e. The number of hydrogen-bond acceptors (Lipinski definition) is 4. The Labute approximate surface area is 181 Å². The molecule has 0 saturated carbocycles. The second-order valence-corrected chi connectivity index (χ2v) is 8.83. The van der Waals surface area contributed by atoms with Crippen LogP contribution < -0.4 is 4.74 Å². The van der Waals surface area contributed by atoms with Crippen molar-refractivity contribution in [2.24, 2.45) is 5.92 Å². The summed E-state index contributed by atoms with van der Waals surface area (Å²) in [6.45, 7) is 7.20. The predicted octanol–water partition coefficient (Wildman–Crippen LogP) is 4.29. The number of thiophene rings is 1. The van der Waals surface area contributed by atoms with E-state index in [1.165, 1.54) is 23.9 Å². The molecular formula is C23H29FN2O3S. The molecule has 2 heterocycles. The number of hydrogen-bond donors (Lipinski definition) is 0. The Bertz CT molecular complexity index is 868. The Balaban J connectivity index is 1.74. The summed E-state index contributed by atoms with van der Waals surface area (Å²) in [4.78, 5) is 30.0. The lowest BCUT2D eigenvalue weighted by atomic mass is 10.00. The molecule has 30 heavy (non-hydrogen) atoms. The van der Waals surface area contributed by atoms with Gasteiger partial charge in [-0.25, -0.2) is 4.39 Å². The fourth-order valence-electron chi connectivity index (χ4n) is 3.64. The quantitative estimate of drug-likeness (QED) is 0.625. The summed E-state index contributed by atoms with van der Waals surface area (Å²) >= 11 is 1.69. The first-order valence-corrected chi connectivity index (χ1v) is 11.3. The summed E-state index contributed by atoms with van der Waals surface area (Å²) in [6, 6.07) is 7.70. The number of halogens is 1. The fourth-order valence-corrected chi connectivity index (χ4v) is 4.57. The van der Waals surface area contributed by atoms with Gasteiger partial charge in [-0.15, -0.1) is 11.3 Å². The molecule has 2 aromatic rings. The van der Waals surface area contributed by atoms with Crippen LogP contribution in [-0.2, 0) is 16.0 Å². The summed E-state index contributed by atoms with van der Waals surface area (Å²) in [7, 11) is 0. The SMILES string of the molecule is CC[C@H](C)CN(CC(=O)N1CCc2sccc2[C@@H]1COc1ccc(F)cc1)C(C)=O.